The molecule has 7 heteroatoms. The number of carbonyl (C=O) groups is 2. The van der Waals surface area contributed by atoms with Crippen LogP contribution in [-0.2, 0) is 9.53 Å². The van der Waals surface area contributed by atoms with Crippen LogP contribution in [0.25, 0.3) is 0 Å². The van der Waals surface area contributed by atoms with Crippen molar-refractivity contribution in [1.82, 2.24) is 5.32 Å². The van der Waals surface area contributed by atoms with Gasteiger partial charge >= 0.3 is 12.1 Å². The lowest BCUT2D eigenvalue weighted by atomic mass is 9.42. The summed E-state index contributed by atoms with van der Waals surface area (Å²) >= 11 is 0. The summed E-state index contributed by atoms with van der Waals surface area (Å²) in [7, 11) is 0. The molecule has 182 valence electrons. The van der Waals surface area contributed by atoms with Gasteiger partial charge in [0.1, 0.15) is 6.10 Å². The second-order valence-corrected chi connectivity index (χ2v) is 11.9. The fraction of sp³-hybridized carbons (Fsp3) is 0.920. The first kappa shape index (κ1) is 23.8. The highest BCUT2D eigenvalue weighted by Gasteiger charge is 2.67. The van der Waals surface area contributed by atoms with E-state index in [9.17, 15) is 19.8 Å². The summed E-state index contributed by atoms with van der Waals surface area (Å²) in [6.07, 6.45) is 7.15. The molecule has 4 rings (SSSR count). The number of hydrogen-bond donors (Lipinski definition) is 4. The van der Waals surface area contributed by atoms with Crippen LogP contribution >= 0.6 is 0 Å². The number of rotatable bonds is 4. The van der Waals surface area contributed by atoms with Crippen molar-refractivity contribution in [3.05, 3.63) is 0 Å². The number of aliphatic hydroxyl groups is 1. The molecular weight excluding hydrogens is 408 g/mol. The lowest BCUT2D eigenvalue weighted by molar-refractivity contribution is -0.157. The van der Waals surface area contributed by atoms with Crippen molar-refractivity contribution in [3.63, 3.8) is 0 Å². The minimum atomic E-state index is -0.681. The van der Waals surface area contributed by atoms with Gasteiger partial charge in [-0.3, -0.25) is 4.79 Å². The molecule has 0 saturated heterocycles. The Labute approximate surface area is 191 Å². The number of amides is 1. The Hall–Kier alpha value is -1.34. The summed E-state index contributed by atoms with van der Waals surface area (Å²) in [6.45, 7) is 7.97. The number of aliphatic hydroxyl groups excluding tert-OH is 1. The highest BCUT2D eigenvalue weighted by atomic mass is 16.6. The molecule has 4 saturated carbocycles. The van der Waals surface area contributed by atoms with Crippen LogP contribution in [0.2, 0.25) is 0 Å². The van der Waals surface area contributed by atoms with Crippen molar-refractivity contribution in [2.75, 3.05) is 0 Å². The molecule has 2 unspecified atom stereocenters. The van der Waals surface area contributed by atoms with Crippen LogP contribution in [0, 0.1) is 34.5 Å². The van der Waals surface area contributed by atoms with Crippen molar-refractivity contribution in [2.24, 2.45) is 40.2 Å². The maximum absolute atomic E-state index is 12.3. The number of carboxylic acid groups (broad SMARTS) is 1. The highest BCUT2D eigenvalue weighted by molar-refractivity contribution is 5.72. The van der Waals surface area contributed by atoms with Crippen LogP contribution in [0.4, 0.5) is 4.79 Å². The van der Waals surface area contributed by atoms with Crippen LogP contribution in [0.15, 0.2) is 0 Å². The Morgan fingerprint density at radius 2 is 1.75 bits per heavy atom. The van der Waals surface area contributed by atoms with Crippen LogP contribution < -0.4 is 11.1 Å². The number of nitrogens with two attached hydrogens (primary N) is 1. The maximum Gasteiger partial charge on any atom is 0.407 e. The second-order valence-electron chi connectivity index (χ2n) is 11.9. The number of alkyl carbamates (subject to hydrolysis) is 1. The van der Waals surface area contributed by atoms with Crippen molar-refractivity contribution in [3.8, 4) is 0 Å². The van der Waals surface area contributed by atoms with Gasteiger partial charge in [0.2, 0.25) is 0 Å². The van der Waals surface area contributed by atoms with Gasteiger partial charge in [0.05, 0.1) is 18.1 Å². The molecular formula is C25H42N2O5. The Kier molecular flexibility index (Phi) is 6.07. The quantitative estimate of drug-likeness (QED) is 0.518. The van der Waals surface area contributed by atoms with Crippen LogP contribution in [0.5, 0.6) is 0 Å². The molecule has 32 heavy (non-hydrogen) atoms. The molecule has 4 aliphatic rings. The lowest BCUT2D eigenvalue weighted by Gasteiger charge is -2.64. The topological polar surface area (TPSA) is 122 Å². The number of hydrogen-bond acceptors (Lipinski definition) is 5. The number of fused-ring (bicyclic) bond motifs is 5. The molecule has 0 heterocycles. The summed E-state index contributed by atoms with van der Waals surface area (Å²) in [4.78, 5) is 24.2. The molecule has 0 bridgehead atoms. The van der Waals surface area contributed by atoms with E-state index < -0.39 is 23.7 Å². The van der Waals surface area contributed by atoms with Crippen LogP contribution in [0.3, 0.4) is 0 Å². The molecule has 4 aliphatic carbocycles. The Bertz CT molecular complexity index is 759. The first-order chi connectivity index (χ1) is 14.9. The zero-order chi connectivity index (χ0) is 23.5. The SMILES string of the molecule is CC(O)C(C)NC(=O)O[C@H]1CC[C@@]2(C)[C@H](CC[C@@H]3[C@@H]2CC[C@]2(C)[C@@H](C(=O)O)CC[C@]32N)C1. The first-order valence-corrected chi connectivity index (χ1v) is 12.6. The second kappa shape index (κ2) is 8.15. The minimum absolute atomic E-state index is 0.0885. The van der Waals surface area contributed by atoms with E-state index in [2.05, 4.69) is 19.2 Å². The van der Waals surface area contributed by atoms with E-state index in [0.29, 0.717) is 24.2 Å². The van der Waals surface area contributed by atoms with Gasteiger partial charge in [-0.15, -0.1) is 0 Å². The summed E-state index contributed by atoms with van der Waals surface area (Å²) < 4.78 is 5.74. The number of carboxylic acids is 1. The molecule has 1 amide bonds. The molecule has 7 nitrogen and oxygen atoms in total. The predicted molar refractivity (Wildman–Crippen MR) is 121 cm³/mol. The van der Waals surface area contributed by atoms with E-state index in [1.165, 1.54) is 0 Å². The Morgan fingerprint density at radius 1 is 1.03 bits per heavy atom. The summed E-state index contributed by atoms with van der Waals surface area (Å²) in [5, 5.41) is 22.2. The number of nitrogens with one attached hydrogen (secondary N) is 1. The van der Waals surface area contributed by atoms with Gasteiger partial charge < -0.3 is 26.0 Å². The first-order valence-electron chi connectivity index (χ1n) is 12.6. The average Bonchev–Trinajstić information content (AvgIpc) is 2.99. The third-order valence-corrected chi connectivity index (χ3v) is 10.6. The van der Waals surface area contributed by atoms with Crippen molar-refractivity contribution in [2.45, 2.75) is 109 Å². The number of ether oxygens (including phenoxy) is 1. The standard InChI is InChI=1S/C25H42N2O5/c1-14(15(2)28)27-22(31)32-17-7-10-23(3)16(13-17)5-6-19-18(23)8-11-24(4)20(21(29)30)9-12-25(19,24)26/h14-20,28H,5-13,26H2,1-4H3,(H,27,31)(H,29,30)/t14?,15?,16-,17+,18+,19-,20-,23+,24-,25+/m1/s1. The van der Waals surface area contributed by atoms with E-state index in [1.807, 2.05) is 0 Å². The van der Waals surface area contributed by atoms with E-state index in [-0.39, 0.29) is 28.9 Å². The molecule has 0 radical (unpaired) electrons. The fourth-order valence-corrected chi connectivity index (χ4v) is 8.28. The van der Waals surface area contributed by atoms with Crippen molar-refractivity contribution in [1.29, 1.82) is 0 Å². The molecule has 10 atom stereocenters. The number of carbonyl (C=O) groups excluding carboxylic acids is 1. The van der Waals surface area contributed by atoms with Crippen LogP contribution in [0.1, 0.15) is 85.5 Å². The van der Waals surface area contributed by atoms with Gasteiger partial charge in [0, 0.05) is 5.54 Å². The normalized spacial score (nSPS) is 47.4. The molecule has 0 aromatic rings. The molecule has 0 aromatic heterocycles. The monoisotopic (exact) mass is 450 g/mol. The minimum Gasteiger partial charge on any atom is -0.481 e. The lowest BCUT2D eigenvalue weighted by Crippen LogP contribution is -2.66. The third-order valence-electron chi connectivity index (χ3n) is 10.6. The summed E-state index contributed by atoms with van der Waals surface area (Å²) in [5.41, 5.74) is 6.62. The van der Waals surface area contributed by atoms with Crippen molar-refractivity contribution >= 4 is 12.1 Å². The van der Waals surface area contributed by atoms with Crippen molar-refractivity contribution < 1.29 is 24.5 Å². The average molecular weight is 451 g/mol. The zero-order valence-electron chi connectivity index (χ0n) is 20.1. The molecule has 5 N–H and O–H groups in total. The van der Waals surface area contributed by atoms with Gasteiger partial charge in [-0.2, -0.15) is 0 Å². The molecule has 0 spiro atoms. The van der Waals surface area contributed by atoms with E-state index in [4.69, 9.17) is 10.5 Å². The fourth-order valence-electron chi connectivity index (χ4n) is 8.28. The number of aliphatic carboxylic acids is 1. The summed E-state index contributed by atoms with van der Waals surface area (Å²) in [5.74, 6) is 0.371. The molecule has 4 fully saturated rings. The summed E-state index contributed by atoms with van der Waals surface area (Å²) in [6, 6.07) is -0.342. The van der Waals surface area contributed by atoms with E-state index >= 15 is 0 Å². The van der Waals surface area contributed by atoms with Gasteiger partial charge in [-0.25, -0.2) is 4.79 Å². The van der Waals surface area contributed by atoms with Gasteiger partial charge in [0.15, 0.2) is 0 Å². The maximum atomic E-state index is 12.3. The largest absolute Gasteiger partial charge is 0.481 e. The predicted octanol–water partition coefficient (Wildman–Crippen LogP) is 3.68. The van der Waals surface area contributed by atoms with Gasteiger partial charge in [-0.1, -0.05) is 13.8 Å². The smallest absolute Gasteiger partial charge is 0.407 e. The van der Waals surface area contributed by atoms with Gasteiger partial charge in [0.25, 0.3) is 0 Å². The van der Waals surface area contributed by atoms with E-state index in [1.54, 1.807) is 13.8 Å². The Morgan fingerprint density at radius 3 is 2.41 bits per heavy atom. The Balaban J connectivity index is 1.45. The third kappa shape index (κ3) is 3.54. The molecule has 0 aromatic carbocycles. The highest BCUT2D eigenvalue weighted by Crippen LogP contribution is 2.68. The molecule has 0 aliphatic heterocycles. The van der Waals surface area contributed by atoms with Gasteiger partial charge in [-0.05, 0) is 100 Å². The van der Waals surface area contributed by atoms with Crippen LogP contribution in [-0.4, -0.2) is 46.1 Å². The van der Waals surface area contributed by atoms with E-state index in [0.717, 1.165) is 51.4 Å². The zero-order valence-corrected chi connectivity index (χ0v) is 20.1.